The number of fused-ring (bicyclic) bond motifs is 1. The van der Waals surface area contributed by atoms with Crippen molar-refractivity contribution in [3.8, 4) is 0 Å². The van der Waals surface area contributed by atoms with Crippen molar-refractivity contribution >= 4 is 5.78 Å². The minimum Gasteiger partial charge on any atom is -0.300 e. The quantitative estimate of drug-likeness (QED) is 0.558. The molecule has 0 spiro atoms. The Labute approximate surface area is 67.6 Å². The third-order valence-corrected chi connectivity index (χ3v) is 3.08. The maximum atomic E-state index is 11.1. The summed E-state index contributed by atoms with van der Waals surface area (Å²) in [6, 6.07) is 0.619. The lowest BCUT2D eigenvalue weighted by atomic mass is 9.75. The van der Waals surface area contributed by atoms with Crippen LogP contribution < -0.4 is 0 Å². The lowest BCUT2D eigenvalue weighted by Gasteiger charge is -2.26. The molecule has 2 nitrogen and oxygen atoms in total. The van der Waals surface area contributed by atoms with E-state index < -0.39 is 0 Å². The molecule has 2 heteroatoms. The Hall–Kier alpha value is -0.370. The van der Waals surface area contributed by atoms with Crippen molar-refractivity contribution < 1.29 is 4.79 Å². The summed E-state index contributed by atoms with van der Waals surface area (Å²) >= 11 is 0. The maximum absolute atomic E-state index is 11.1. The third-order valence-electron chi connectivity index (χ3n) is 3.08. The molecule has 2 fully saturated rings. The minimum absolute atomic E-state index is 0.414. The topological polar surface area (TPSA) is 20.3 Å². The third kappa shape index (κ3) is 1.00. The van der Waals surface area contributed by atoms with Gasteiger partial charge < -0.3 is 0 Å². The zero-order valence-electron chi connectivity index (χ0n) is 7.21. The van der Waals surface area contributed by atoms with Gasteiger partial charge in [0.05, 0.1) is 0 Å². The van der Waals surface area contributed by atoms with Gasteiger partial charge in [-0.15, -0.1) is 0 Å². The lowest BCUT2D eigenvalue weighted by molar-refractivity contribution is -0.131. The van der Waals surface area contributed by atoms with E-state index in [9.17, 15) is 4.79 Å². The largest absolute Gasteiger partial charge is 0.300 e. The highest BCUT2D eigenvalue weighted by Gasteiger charge is 2.46. The highest BCUT2D eigenvalue weighted by Crippen LogP contribution is 2.37. The number of hydrogen-bond acceptors (Lipinski definition) is 2. The summed E-state index contributed by atoms with van der Waals surface area (Å²) in [5.74, 6) is 1.63. The highest BCUT2D eigenvalue weighted by atomic mass is 16.1. The standard InChI is InChI=1S/C9H15NO/c1-6(2)10-4-7-3-9(11)8(7)5-10/h6-8H,3-5H2,1-2H3. The number of rotatable bonds is 1. The molecule has 0 amide bonds. The number of Topliss-reactive ketones (excluding diaryl/α,β-unsaturated/α-hetero) is 1. The van der Waals surface area contributed by atoms with Crippen LogP contribution in [0.4, 0.5) is 0 Å². The van der Waals surface area contributed by atoms with Crippen molar-refractivity contribution in [3.63, 3.8) is 0 Å². The molecular formula is C9H15NO. The molecular weight excluding hydrogens is 138 g/mol. The van der Waals surface area contributed by atoms with Gasteiger partial charge >= 0.3 is 0 Å². The van der Waals surface area contributed by atoms with E-state index in [4.69, 9.17) is 0 Å². The summed E-state index contributed by atoms with van der Waals surface area (Å²) in [5, 5.41) is 0. The molecule has 1 aliphatic heterocycles. The van der Waals surface area contributed by atoms with Crippen molar-refractivity contribution in [1.29, 1.82) is 0 Å². The van der Waals surface area contributed by atoms with E-state index in [0.717, 1.165) is 19.5 Å². The van der Waals surface area contributed by atoms with Crippen LogP contribution in [0.1, 0.15) is 20.3 Å². The molecule has 0 aromatic rings. The van der Waals surface area contributed by atoms with Crippen LogP contribution >= 0.6 is 0 Å². The Kier molecular flexibility index (Phi) is 1.53. The predicted octanol–water partition coefficient (Wildman–Crippen LogP) is 0.916. The Morgan fingerprint density at radius 2 is 2.18 bits per heavy atom. The smallest absolute Gasteiger partial charge is 0.137 e. The predicted molar refractivity (Wildman–Crippen MR) is 43.3 cm³/mol. The number of carbonyl (C=O) groups excluding carboxylic acids is 1. The average molecular weight is 153 g/mol. The van der Waals surface area contributed by atoms with Gasteiger partial charge in [-0.3, -0.25) is 9.69 Å². The lowest BCUT2D eigenvalue weighted by Crippen LogP contribution is -2.35. The van der Waals surface area contributed by atoms with Crippen LogP contribution in [-0.4, -0.2) is 29.8 Å². The second-order valence-corrected chi connectivity index (χ2v) is 4.08. The van der Waals surface area contributed by atoms with Crippen molar-refractivity contribution in [2.45, 2.75) is 26.3 Å². The molecule has 0 radical (unpaired) electrons. The Morgan fingerprint density at radius 3 is 2.64 bits per heavy atom. The normalized spacial score (nSPS) is 37.5. The van der Waals surface area contributed by atoms with Gasteiger partial charge in [-0.05, 0) is 19.8 Å². The summed E-state index contributed by atoms with van der Waals surface area (Å²) in [7, 11) is 0. The zero-order chi connectivity index (χ0) is 8.01. The van der Waals surface area contributed by atoms with Gasteiger partial charge in [-0.25, -0.2) is 0 Å². The first-order valence-corrected chi connectivity index (χ1v) is 4.45. The van der Waals surface area contributed by atoms with Crippen LogP contribution in [0.15, 0.2) is 0 Å². The number of likely N-dealkylation sites (tertiary alicyclic amines) is 1. The first-order valence-electron chi connectivity index (χ1n) is 4.45. The van der Waals surface area contributed by atoms with Gasteiger partial charge in [0.2, 0.25) is 0 Å². The van der Waals surface area contributed by atoms with Crippen LogP contribution in [0.25, 0.3) is 0 Å². The van der Waals surface area contributed by atoms with Gasteiger partial charge in [-0.2, -0.15) is 0 Å². The average Bonchev–Trinajstić information content (AvgIpc) is 2.26. The van der Waals surface area contributed by atoms with Gasteiger partial charge in [0.1, 0.15) is 5.78 Å². The van der Waals surface area contributed by atoms with E-state index in [1.54, 1.807) is 0 Å². The van der Waals surface area contributed by atoms with Crippen LogP contribution in [-0.2, 0) is 4.79 Å². The van der Waals surface area contributed by atoms with Crippen LogP contribution in [0.3, 0.4) is 0 Å². The summed E-state index contributed by atoms with van der Waals surface area (Å²) in [5.41, 5.74) is 0. The number of ketones is 1. The molecule has 0 bridgehead atoms. The van der Waals surface area contributed by atoms with E-state index in [1.165, 1.54) is 0 Å². The molecule has 1 aliphatic carbocycles. The molecule has 0 N–H and O–H groups in total. The molecule has 0 aromatic heterocycles. The second kappa shape index (κ2) is 2.31. The fraction of sp³-hybridized carbons (Fsp3) is 0.889. The minimum atomic E-state index is 0.414. The van der Waals surface area contributed by atoms with Crippen molar-refractivity contribution in [3.05, 3.63) is 0 Å². The molecule has 2 aliphatic rings. The first-order chi connectivity index (χ1) is 5.18. The van der Waals surface area contributed by atoms with E-state index >= 15 is 0 Å². The van der Waals surface area contributed by atoms with E-state index in [1.807, 2.05) is 0 Å². The van der Waals surface area contributed by atoms with E-state index in [2.05, 4.69) is 18.7 Å². The Morgan fingerprint density at radius 1 is 1.45 bits per heavy atom. The summed E-state index contributed by atoms with van der Waals surface area (Å²) in [4.78, 5) is 13.5. The Bertz CT molecular complexity index is 188. The molecule has 62 valence electrons. The van der Waals surface area contributed by atoms with Crippen LogP contribution in [0.5, 0.6) is 0 Å². The zero-order valence-corrected chi connectivity index (χ0v) is 7.21. The molecule has 11 heavy (non-hydrogen) atoms. The molecule has 0 aromatic carbocycles. The SMILES string of the molecule is CC(C)N1CC2CC(=O)C2C1. The van der Waals surface area contributed by atoms with Crippen LogP contribution in [0.2, 0.25) is 0 Å². The van der Waals surface area contributed by atoms with Crippen molar-refractivity contribution in [1.82, 2.24) is 4.90 Å². The number of hydrogen-bond donors (Lipinski definition) is 0. The fourth-order valence-electron chi connectivity index (χ4n) is 2.15. The van der Waals surface area contributed by atoms with Crippen molar-refractivity contribution in [2.24, 2.45) is 11.8 Å². The molecule has 1 heterocycles. The Balaban J connectivity index is 1.98. The number of nitrogens with zero attached hydrogens (tertiary/aromatic N) is 1. The van der Waals surface area contributed by atoms with Crippen LogP contribution in [0, 0.1) is 11.8 Å². The molecule has 2 unspecified atom stereocenters. The van der Waals surface area contributed by atoms with Crippen molar-refractivity contribution in [2.75, 3.05) is 13.1 Å². The van der Waals surface area contributed by atoms with Gasteiger partial charge in [-0.1, -0.05) is 0 Å². The monoisotopic (exact) mass is 153 g/mol. The second-order valence-electron chi connectivity index (χ2n) is 4.08. The molecule has 1 saturated heterocycles. The molecule has 2 atom stereocenters. The van der Waals surface area contributed by atoms with Gasteiger partial charge in [0.25, 0.3) is 0 Å². The first kappa shape index (κ1) is 7.29. The summed E-state index contributed by atoms with van der Waals surface area (Å²) in [6.07, 6.45) is 0.855. The summed E-state index contributed by atoms with van der Waals surface area (Å²) in [6.45, 7) is 6.60. The fourth-order valence-corrected chi connectivity index (χ4v) is 2.15. The molecule has 2 rings (SSSR count). The molecule has 1 saturated carbocycles. The highest BCUT2D eigenvalue weighted by molar-refractivity contribution is 5.88. The van der Waals surface area contributed by atoms with Gasteiger partial charge in [0.15, 0.2) is 0 Å². The van der Waals surface area contributed by atoms with E-state index in [-0.39, 0.29) is 0 Å². The number of carbonyl (C=O) groups is 1. The van der Waals surface area contributed by atoms with E-state index in [0.29, 0.717) is 23.7 Å². The van der Waals surface area contributed by atoms with Gasteiger partial charge in [0, 0.05) is 31.5 Å². The maximum Gasteiger partial charge on any atom is 0.137 e. The summed E-state index contributed by atoms with van der Waals surface area (Å²) < 4.78 is 0.